The number of allylic oxidation sites excluding steroid dienone is 2. The summed E-state index contributed by atoms with van der Waals surface area (Å²) in [6.45, 7) is 4.26. The van der Waals surface area contributed by atoms with Crippen molar-refractivity contribution < 1.29 is 9.90 Å². The third-order valence-electron chi connectivity index (χ3n) is 3.41. The van der Waals surface area contributed by atoms with Gasteiger partial charge in [0.2, 0.25) is 0 Å². The first kappa shape index (κ1) is 11.3. The van der Waals surface area contributed by atoms with Gasteiger partial charge in [0, 0.05) is 6.42 Å². The van der Waals surface area contributed by atoms with E-state index in [4.69, 9.17) is 5.11 Å². The number of carbonyl (C=O) groups is 1. The van der Waals surface area contributed by atoms with E-state index < -0.39 is 5.97 Å². The molecule has 2 nitrogen and oxygen atoms in total. The van der Waals surface area contributed by atoms with E-state index in [9.17, 15) is 4.79 Å². The van der Waals surface area contributed by atoms with Gasteiger partial charge in [0.1, 0.15) is 0 Å². The molecule has 0 spiro atoms. The lowest BCUT2D eigenvalue weighted by atomic mass is 9.78. The normalized spacial score (nSPS) is 28.9. The van der Waals surface area contributed by atoms with Gasteiger partial charge >= 0.3 is 5.97 Å². The van der Waals surface area contributed by atoms with Crippen LogP contribution in [-0.4, -0.2) is 11.1 Å². The van der Waals surface area contributed by atoms with Crippen LogP contribution in [0.4, 0.5) is 0 Å². The topological polar surface area (TPSA) is 37.3 Å². The Morgan fingerprint density at radius 3 is 2.36 bits per heavy atom. The van der Waals surface area contributed by atoms with Crippen molar-refractivity contribution in [3.8, 4) is 0 Å². The summed E-state index contributed by atoms with van der Waals surface area (Å²) < 4.78 is 0. The highest BCUT2D eigenvalue weighted by Gasteiger charge is 2.23. The van der Waals surface area contributed by atoms with Crippen LogP contribution in [0, 0.1) is 11.8 Å². The van der Waals surface area contributed by atoms with Gasteiger partial charge in [-0.2, -0.15) is 0 Å². The lowest BCUT2D eigenvalue weighted by Gasteiger charge is -2.28. The van der Waals surface area contributed by atoms with Crippen molar-refractivity contribution in [3.63, 3.8) is 0 Å². The molecule has 1 aliphatic rings. The Hall–Kier alpha value is -0.790. The van der Waals surface area contributed by atoms with Gasteiger partial charge in [-0.3, -0.25) is 4.79 Å². The number of hydrogen-bond acceptors (Lipinski definition) is 1. The fourth-order valence-electron chi connectivity index (χ4n) is 2.30. The summed E-state index contributed by atoms with van der Waals surface area (Å²) >= 11 is 0. The van der Waals surface area contributed by atoms with Crippen LogP contribution in [0.1, 0.15) is 46.0 Å². The van der Waals surface area contributed by atoms with Gasteiger partial charge in [-0.05, 0) is 51.4 Å². The van der Waals surface area contributed by atoms with Crippen molar-refractivity contribution in [3.05, 3.63) is 11.6 Å². The van der Waals surface area contributed by atoms with E-state index >= 15 is 0 Å². The summed E-state index contributed by atoms with van der Waals surface area (Å²) in [7, 11) is 0. The molecule has 0 amide bonds. The second kappa shape index (κ2) is 5.18. The number of rotatable bonds is 3. The second-order valence-corrected chi connectivity index (χ2v) is 4.35. The highest BCUT2D eigenvalue weighted by molar-refractivity contribution is 5.67. The lowest BCUT2D eigenvalue weighted by molar-refractivity contribution is -0.138. The third-order valence-corrected chi connectivity index (χ3v) is 3.41. The van der Waals surface area contributed by atoms with Crippen LogP contribution in [0.3, 0.4) is 0 Å². The molecule has 0 radical (unpaired) electrons. The zero-order valence-corrected chi connectivity index (χ0v) is 9.12. The minimum absolute atomic E-state index is 0.363. The van der Waals surface area contributed by atoms with E-state index in [1.807, 2.05) is 0 Å². The largest absolute Gasteiger partial charge is 0.481 e. The standard InChI is InChI=1S/C12H20O2/c1-3-9(2)11-6-4-10(5-7-11)8-12(13)14/h3,10-11H,4-8H2,1-2H3,(H,13,14). The van der Waals surface area contributed by atoms with Crippen LogP contribution < -0.4 is 0 Å². The van der Waals surface area contributed by atoms with Gasteiger partial charge in [-0.25, -0.2) is 0 Å². The molecule has 2 heteroatoms. The first-order valence-corrected chi connectivity index (χ1v) is 5.48. The summed E-state index contributed by atoms with van der Waals surface area (Å²) in [5, 5.41) is 8.68. The zero-order valence-electron chi connectivity index (χ0n) is 9.12. The predicted molar refractivity (Wildman–Crippen MR) is 57.1 cm³/mol. The third kappa shape index (κ3) is 3.17. The van der Waals surface area contributed by atoms with Crippen molar-refractivity contribution in [1.29, 1.82) is 0 Å². The van der Waals surface area contributed by atoms with E-state index in [0.717, 1.165) is 12.8 Å². The Labute approximate surface area is 86.0 Å². The summed E-state index contributed by atoms with van der Waals surface area (Å²) in [6.07, 6.45) is 7.07. The van der Waals surface area contributed by atoms with E-state index in [0.29, 0.717) is 18.3 Å². The van der Waals surface area contributed by atoms with Crippen molar-refractivity contribution in [2.45, 2.75) is 46.0 Å². The zero-order chi connectivity index (χ0) is 10.6. The van der Waals surface area contributed by atoms with Crippen molar-refractivity contribution in [1.82, 2.24) is 0 Å². The highest BCUT2D eigenvalue weighted by Crippen LogP contribution is 2.34. The van der Waals surface area contributed by atoms with Crippen molar-refractivity contribution in [2.24, 2.45) is 11.8 Å². The Morgan fingerprint density at radius 1 is 1.36 bits per heavy atom. The second-order valence-electron chi connectivity index (χ2n) is 4.35. The molecular weight excluding hydrogens is 176 g/mol. The molecule has 0 saturated heterocycles. The fourth-order valence-corrected chi connectivity index (χ4v) is 2.30. The molecule has 1 fully saturated rings. The van der Waals surface area contributed by atoms with E-state index in [1.165, 1.54) is 18.4 Å². The Balaban J connectivity index is 2.35. The van der Waals surface area contributed by atoms with Gasteiger partial charge in [-0.15, -0.1) is 0 Å². The minimum Gasteiger partial charge on any atom is -0.481 e. The molecule has 1 saturated carbocycles. The Morgan fingerprint density at radius 2 is 1.93 bits per heavy atom. The smallest absolute Gasteiger partial charge is 0.303 e. The van der Waals surface area contributed by atoms with Crippen LogP contribution in [0.15, 0.2) is 11.6 Å². The SMILES string of the molecule is CC=C(C)C1CCC(CC(=O)O)CC1. The van der Waals surface area contributed by atoms with E-state index in [1.54, 1.807) is 0 Å². The minimum atomic E-state index is -0.642. The van der Waals surface area contributed by atoms with Gasteiger partial charge in [0.25, 0.3) is 0 Å². The average molecular weight is 196 g/mol. The number of carboxylic acid groups (broad SMARTS) is 1. The van der Waals surface area contributed by atoms with Crippen LogP contribution >= 0.6 is 0 Å². The fraction of sp³-hybridized carbons (Fsp3) is 0.750. The summed E-state index contributed by atoms with van der Waals surface area (Å²) in [6, 6.07) is 0. The Kier molecular flexibility index (Phi) is 4.18. The van der Waals surface area contributed by atoms with Crippen LogP contribution in [0.5, 0.6) is 0 Å². The molecule has 14 heavy (non-hydrogen) atoms. The molecule has 0 atom stereocenters. The quantitative estimate of drug-likeness (QED) is 0.703. The molecule has 80 valence electrons. The molecule has 1 N–H and O–H groups in total. The maximum Gasteiger partial charge on any atom is 0.303 e. The van der Waals surface area contributed by atoms with Gasteiger partial charge in [0.05, 0.1) is 0 Å². The van der Waals surface area contributed by atoms with Gasteiger partial charge in [0.15, 0.2) is 0 Å². The van der Waals surface area contributed by atoms with Crippen molar-refractivity contribution in [2.75, 3.05) is 0 Å². The lowest BCUT2D eigenvalue weighted by Crippen LogP contribution is -2.17. The summed E-state index contributed by atoms with van der Waals surface area (Å²) in [4.78, 5) is 10.5. The monoisotopic (exact) mass is 196 g/mol. The average Bonchev–Trinajstić information content (AvgIpc) is 2.17. The predicted octanol–water partition coefficient (Wildman–Crippen LogP) is 3.23. The molecule has 0 aromatic carbocycles. The van der Waals surface area contributed by atoms with Gasteiger partial charge < -0.3 is 5.11 Å². The maximum absolute atomic E-state index is 10.5. The van der Waals surface area contributed by atoms with E-state index in [-0.39, 0.29) is 0 Å². The number of hydrogen-bond donors (Lipinski definition) is 1. The van der Waals surface area contributed by atoms with Crippen LogP contribution in [0.2, 0.25) is 0 Å². The molecular formula is C12H20O2. The number of carboxylic acids is 1. The maximum atomic E-state index is 10.5. The molecule has 0 aromatic rings. The first-order chi connectivity index (χ1) is 6.63. The highest BCUT2D eigenvalue weighted by atomic mass is 16.4. The Bertz CT molecular complexity index is 222. The first-order valence-electron chi connectivity index (χ1n) is 5.48. The molecule has 0 bridgehead atoms. The molecule has 0 aromatic heterocycles. The molecule has 0 unspecified atom stereocenters. The van der Waals surface area contributed by atoms with Crippen molar-refractivity contribution >= 4 is 5.97 Å². The van der Waals surface area contributed by atoms with Gasteiger partial charge in [-0.1, -0.05) is 11.6 Å². The van der Waals surface area contributed by atoms with Crippen LogP contribution in [0.25, 0.3) is 0 Å². The molecule has 1 rings (SSSR count). The molecule has 0 heterocycles. The van der Waals surface area contributed by atoms with E-state index in [2.05, 4.69) is 19.9 Å². The molecule has 0 aliphatic heterocycles. The number of aliphatic carboxylic acids is 1. The summed E-state index contributed by atoms with van der Waals surface area (Å²) in [5.41, 5.74) is 1.47. The summed E-state index contributed by atoms with van der Waals surface area (Å²) in [5.74, 6) is 0.495. The molecule has 1 aliphatic carbocycles. The van der Waals surface area contributed by atoms with Crippen LogP contribution in [-0.2, 0) is 4.79 Å².